The van der Waals surface area contributed by atoms with E-state index >= 15 is 0 Å². The van der Waals surface area contributed by atoms with Gasteiger partial charge in [-0.25, -0.2) is 4.79 Å². The molecule has 0 spiro atoms. The largest absolute Gasteiger partial charge is 0.497 e. The first-order valence-corrected chi connectivity index (χ1v) is 9.20. The fourth-order valence-electron chi connectivity index (χ4n) is 2.77. The molecule has 6 nitrogen and oxygen atoms in total. The predicted molar refractivity (Wildman–Crippen MR) is 106 cm³/mol. The zero-order valence-electron chi connectivity index (χ0n) is 16.6. The van der Waals surface area contributed by atoms with Gasteiger partial charge < -0.3 is 19.9 Å². The summed E-state index contributed by atoms with van der Waals surface area (Å²) in [5.74, 6) is -0.405. The van der Waals surface area contributed by atoms with E-state index in [0.29, 0.717) is 6.61 Å². The van der Waals surface area contributed by atoms with Crippen molar-refractivity contribution in [2.75, 3.05) is 7.11 Å². The Bertz CT molecular complexity index is 784. The number of nitrogens with one attached hydrogen (secondary N) is 1. The van der Waals surface area contributed by atoms with Gasteiger partial charge in [-0.05, 0) is 48.2 Å². The quantitative estimate of drug-likeness (QED) is 0.686. The first-order chi connectivity index (χ1) is 13.3. The second kappa shape index (κ2) is 9.90. The third-order valence-corrected chi connectivity index (χ3v) is 4.47. The van der Waals surface area contributed by atoms with Gasteiger partial charge in [0.25, 0.3) is 0 Å². The molecule has 2 aromatic rings. The number of benzene rings is 2. The zero-order valence-corrected chi connectivity index (χ0v) is 16.6. The number of carbonyl (C=O) groups is 2. The number of amides is 1. The van der Waals surface area contributed by atoms with Crippen molar-refractivity contribution in [2.45, 2.75) is 39.5 Å². The summed E-state index contributed by atoms with van der Waals surface area (Å²) in [6.45, 7) is 6.05. The lowest BCUT2D eigenvalue weighted by atomic mass is 10.0. The Balaban J connectivity index is 1.98. The minimum Gasteiger partial charge on any atom is -0.497 e. The molecule has 2 aromatic carbocycles. The number of hydrogen-bond donors (Lipinski definition) is 2. The van der Waals surface area contributed by atoms with E-state index in [1.165, 1.54) is 12.1 Å². The van der Waals surface area contributed by atoms with Crippen LogP contribution in [0.2, 0.25) is 0 Å². The maximum Gasteiger partial charge on any atom is 0.335 e. The molecule has 0 saturated heterocycles. The van der Waals surface area contributed by atoms with E-state index in [9.17, 15) is 9.59 Å². The van der Waals surface area contributed by atoms with Crippen LogP contribution >= 0.6 is 0 Å². The molecule has 6 heteroatoms. The molecule has 28 heavy (non-hydrogen) atoms. The van der Waals surface area contributed by atoms with Crippen molar-refractivity contribution in [3.05, 3.63) is 65.2 Å². The zero-order chi connectivity index (χ0) is 20.7. The molecule has 2 N–H and O–H groups in total. The molecule has 0 aromatic heterocycles. The maximum atomic E-state index is 12.7. The fraction of sp³-hybridized carbons (Fsp3) is 0.364. The average Bonchev–Trinajstić information content (AvgIpc) is 2.68. The van der Waals surface area contributed by atoms with Crippen LogP contribution in [0.15, 0.2) is 48.5 Å². The molecule has 1 amide bonds. The molecule has 0 aliphatic heterocycles. The molecular formula is C22H27NO5. The predicted octanol–water partition coefficient (Wildman–Crippen LogP) is 3.81. The molecular weight excluding hydrogens is 358 g/mol. The first kappa shape index (κ1) is 21.4. The molecule has 0 fully saturated rings. The smallest absolute Gasteiger partial charge is 0.335 e. The summed E-state index contributed by atoms with van der Waals surface area (Å²) < 4.78 is 11.0. The highest BCUT2D eigenvalue weighted by atomic mass is 16.5. The summed E-state index contributed by atoms with van der Waals surface area (Å²) in [6.07, 6.45) is -0.595. The van der Waals surface area contributed by atoms with E-state index in [4.69, 9.17) is 14.6 Å². The van der Waals surface area contributed by atoms with Crippen LogP contribution in [0, 0.1) is 5.92 Å². The Labute approximate surface area is 165 Å². The minimum atomic E-state index is -0.977. The third kappa shape index (κ3) is 5.82. The number of methoxy groups -OCH3 is 1. The van der Waals surface area contributed by atoms with Gasteiger partial charge in [0.05, 0.1) is 25.3 Å². The number of carboxylic acids is 1. The van der Waals surface area contributed by atoms with Crippen LogP contribution < -0.4 is 10.1 Å². The van der Waals surface area contributed by atoms with Crippen LogP contribution in [-0.2, 0) is 16.1 Å². The standard InChI is InChI=1S/C22H27NO5/c1-14(2)20(28-13-16-5-11-19(27-4)12-6-16)21(24)23-15(3)17-7-9-18(10-8-17)22(25)26/h5-12,14-15,20H,13H2,1-4H3,(H,23,24)(H,25,26)/t15-,20?/m0/s1. The lowest BCUT2D eigenvalue weighted by Gasteiger charge is -2.23. The van der Waals surface area contributed by atoms with Gasteiger partial charge in [0.2, 0.25) is 5.91 Å². The van der Waals surface area contributed by atoms with Crippen LogP contribution in [0.25, 0.3) is 0 Å². The normalized spacial score (nSPS) is 13.0. The molecule has 0 heterocycles. The number of aromatic carboxylic acids is 1. The summed E-state index contributed by atoms with van der Waals surface area (Å²) >= 11 is 0. The lowest BCUT2D eigenvalue weighted by Crippen LogP contribution is -2.40. The van der Waals surface area contributed by atoms with E-state index in [2.05, 4.69) is 5.32 Å². The van der Waals surface area contributed by atoms with Gasteiger partial charge in [-0.15, -0.1) is 0 Å². The summed E-state index contributed by atoms with van der Waals surface area (Å²) in [5, 5.41) is 11.9. The summed E-state index contributed by atoms with van der Waals surface area (Å²) in [6, 6.07) is 13.7. The van der Waals surface area contributed by atoms with Crippen LogP contribution in [0.1, 0.15) is 48.3 Å². The Kier molecular flexibility index (Phi) is 7.58. The highest BCUT2D eigenvalue weighted by molar-refractivity contribution is 5.87. The summed E-state index contributed by atoms with van der Waals surface area (Å²) in [4.78, 5) is 23.7. The lowest BCUT2D eigenvalue weighted by molar-refractivity contribution is -0.137. The van der Waals surface area contributed by atoms with Gasteiger partial charge in [-0.2, -0.15) is 0 Å². The molecule has 2 rings (SSSR count). The molecule has 0 radical (unpaired) electrons. The van der Waals surface area contributed by atoms with Gasteiger partial charge in [0, 0.05) is 0 Å². The Hall–Kier alpha value is -2.86. The highest BCUT2D eigenvalue weighted by Crippen LogP contribution is 2.17. The number of carboxylic acid groups (broad SMARTS) is 1. The number of rotatable bonds is 9. The first-order valence-electron chi connectivity index (χ1n) is 9.20. The second-order valence-electron chi connectivity index (χ2n) is 6.98. The topological polar surface area (TPSA) is 84.9 Å². The molecule has 2 atom stereocenters. The van der Waals surface area contributed by atoms with E-state index in [1.807, 2.05) is 45.0 Å². The van der Waals surface area contributed by atoms with Gasteiger partial charge in [0.1, 0.15) is 11.9 Å². The minimum absolute atomic E-state index is 0.000153. The summed E-state index contributed by atoms with van der Waals surface area (Å²) in [5.41, 5.74) is 2.00. The van der Waals surface area contributed by atoms with Crippen LogP contribution in [0.3, 0.4) is 0 Å². The molecule has 0 aliphatic carbocycles. The SMILES string of the molecule is COc1ccc(COC(C(=O)N[C@@H](C)c2ccc(C(=O)O)cc2)C(C)C)cc1. The van der Waals surface area contributed by atoms with E-state index < -0.39 is 12.1 Å². The third-order valence-electron chi connectivity index (χ3n) is 4.47. The van der Waals surface area contributed by atoms with Gasteiger partial charge in [0.15, 0.2) is 0 Å². The molecule has 0 aliphatic rings. The Morgan fingerprint density at radius 3 is 2.11 bits per heavy atom. The number of carbonyl (C=O) groups excluding carboxylic acids is 1. The van der Waals surface area contributed by atoms with E-state index in [0.717, 1.165) is 16.9 Å². The van der Waals surface area contributed by atoms with Gasteiger partial charge in [-0.1, -0.05) is 38.1 Å². The van der Waals surface area contributed by atoms with Gasteiger partial charge >= 0.3 is 5.97 Å². The highest BCUT2D eigenvalue weighted by Gasteiger charge is 2.24. The van der Waals surface area contributed by atoms with E-state index in [1.54, 1.807) is 19.2 Å². The van der Waals surface area contributed by atoms with Crippen molar-refractivity contribution in [3.8, 4) is 5.75 Å². The van der Waals surface area contributed by atoms with Crippen molar-refractivity contribution in [1.29, 1.82) is 0 Å². The molecule has 0 bridgehead atoms. The average molecular weight is 385 g/mol. The summed E-state index contributed by atoms with van der Waals surface area (Å²) in [7, 11) is 1.61. The molecule has 150 valence electrons. The van der Waals surface area contributed by atoms with Crippen molar-refractivity contribution in [1.82, 2.24) is 5.32 Å². The number of hydrogen-bond acceptors (Lipinski definition) is 4. The number of ether oxygens (including phenoxy) is 2. The monoisotopic (exact) mass is 385 g/mol. The Morgan fingerprint density at radius 2 is 1.61 bits per heavy atom. The van der Waals surface area contributed by atoms with Crippen LogP contribution in [0.4, 0.5) is 0 Å². The second-order valence-corrected chi connectivity index (χ2v) is 6.98. The van der Waals surface area contributed by atoms with Crippen LogP contribution in [0.5, 0.6) is 5.75 Å². The molecule has 1 unspecified atom stereocenters. The maximum absolute atomic E-state index is 12.7. The molecule has 0 saturated carbocycles. The fourth-order valence-corrected chi connectivity index (χ4v) is 2.77. The van der Waals surface area contributed by atoms with Crippen molar-refractivity contribution >= 4 is 11.9 Å². The van der Waals surface area contributed by atoms with Gasteiger partial charge in [-0.3, -0.25) is 4.79 Å². The van der Waals surface area contributed by atoms with Crippen molar-refractivity contribution < 1.29 is 24.2 Å². The van der Waals surface area contributed by atoms with E-state index in [-0.39, 0.29) is 23.4 Å². The van der Waals surface area contributed by atoms with Crippen molar-refractivity contribution in [2.24, 2.45) is 5.92 Å². The van der Waals surface area contributed by atoms with Crippen molar-refractivity contribution in [3.63, 3.8) is 0 Å². The van der Waals surface area contributed by atoms with Crippen LogP contribution in [-0.4, -0.2) is 30.2 Å². The Morgan fingerprint density at radius 1 is 1.00 bits per heavy atom.